The van der Waals surface area contributed by atoms with E-state index in [2.05, 4.69) is 4.74 Å². The number of sulfonamides is 1. The maximum absolute atomic E-state index is 12.8. The summed E-state index contributed by atoms with van der Waals surface area (Å²) < 4.78 is 31.6. The van der Waals surface area contributed by atoms with Crippen molar-refractivity contribution in [2.24, 2.45) is 0 Å². The molecule has 2 aromatic carbocycles. The topological polar surface area (TPSA) is 84.0 Å². The molecule has 148 valence electrons. The van der Waals surface area contributed by atoms with Gasteiger partial charge in [-0.3, -0.25) is 4.79 Å². The minimum Gasteiger partial charge on any atom is -0.465 e. The molecule has 0 radical (unpaired) electrons. The smallest absolute Gasteiger partial charge is 0.337 e. The largest absolute Gasteiger partial charge is 0.465 e. The number of amides is 1. The Bertz CT molecular complexity index is 1000. The van der Waals surface area contributed by atoms with Crippen molar-refractivity contribution in [3.63, 3.8) is 0 Å². The molecule has 3 rings (SSSR count). The number of carbonyl (C=O) groups is 2. The van der Waals surface area contributed by atoms with Crippen molar-refractivity contribution in [2.75, 3.05) is 33.3 Å². The maximum Gasteiger partial charge on any atom is 0.337 e. The number of ether oxygens (including phenoxy) is 1. The van der Waals surface area contributed by atoms with Crippen LogP contribution in [0.25, 0.3) is 0 Å². The molecule has 0 saturated carbocycles. The normalized spacial score (nSPS) is 15.3. The Balaban J connectivity index is 1.71. The number of benzene rings is 2. The van der Waals surface area contributed by atoms with Crippen LogP contribution >= 0.6 is 11.6 Å². The van der Waals surface area contributed by atoms with Crippen LogP contribution < -0.4 is 0 Å². The Morgan fingerprint density at radius 1 is 0.964 bits per heavy atom. The quantitative estimate of drug-likeness (QED) is 0.706. The van der Waals surface area contributed by atoms with E-state index in [1.54, 1.807) is 35.2 Å². The first-order chi connectivity index (χ1) is 13.3. The Kier molecular flexibility index (Phi) is 6.02. The molecular formula is C19H19ClN2O5S. The van der Waals surface area contributed by atoms with Crippen LogP contribution in [0.2, 0.25) is 5.02 Å². The first-order valence-corrected chi connectivity index (χ1v) is 10.4. The first-order valence-electron chi connectivity index (χ1n) is 8.57. The molecular weight excluding hydrogens is 404 g/mol. The fourth-order valence-electron chi connectivity index (χ4n) is 3.00. The highest BCUT2D eigenvalue weighted by Crippen LogP contribution is 2.25. The summed E-state index contributed by atoms with van der Waals surface area (Å²) in [6, 6.07) is 12.5. The molecule has 0 spiro atoms. The Morgan fingerprint density at radius 3 is 2.25 bits per heavy atom. The third kappa shape index (κ3) is 4.04. The van der Waals surface area contributed by atoms with Gasteiger partial charge in [-0.2, -0.15) is 4.31 Å². The highest BCUT2D eigenvalue weighted by atomic mass is 35.5. The van der Waals surface area contributed by atoms with E-state index in [0.717, 1.165) is 0 Å². The van der Waals surface area contributed by atoms with Crippen molar-refractivity contribution in [3.8, 4) is 0 Å². The fourth-order valence-corrected chi connectivity index (χ4v) is 4.92. The lowest BCUT2D eigenvalue weighted by Gasteiger charge is -2.34. The highest BCUT2D eigenvalue weighted by molar-refractivity contribution is 7.89. The van der Waals surface area contributed by atoms with Crippen molar-refractivity contribution >= 4 is 33.5 Å². The molecule has 0 aliphatic carbocycles. The predicted molar refractivity (Wildman–Crippen MR) is 104 cm³/mol. The summed E-state index contributed by atoms with van der Waals surface area (Å²) >= 11 is 6.03. The van der Waals surface area contributed by atoms with E-state index in [1.807, 2.05) is 0 Å². The van der Waals surface area contributed by atoms with E-state index >= 15 is 0 Å². The molecule has 0 unspecified atom stereocenters. The Morgan fingerprint density at radius 2 is 1.61 bits per heavy atom. The van der Waals surface area contributed by atoms with Gasteiger partial charge in [-0.05, 0) is 30.3 Å². The van der Waals surface area contributed by atoms with Crippen molar-refractivity contribution in [2.45, 2.75) is 4.90 Å². The minimum absolute atomic E-state index is 0.0576. The lowest BCUT2D eigenvalue weighted by Crippen LogP contribution is -2.50. The fraction of sp³-hybridized carbons (Fsp3) is 0.263. The second-order valence-corrected chi connectivity index (χ2v) is 8.51. The third-order valence-corrected chi connectivity index (χ3v) is 6.91. The number of hydrogen-bond donors (Lipinski definition) is 0. The molecule has 1 fully saturated rings. The summed E-state index contributed by atoms with van der Waals surface area (Å²) in [5.41, 5.74) is 0.638. The summed E-state index contributed by atoms with van der Waals surface area (Å²) in [5, 5.41) is 0.167. The molecule has 1 amide bonds. The number of nitrogens with zero attached hydrogens (tertiary/aromatic N) is 2. The van der Waals surface area contributed by atoms with Gasteiger partial charge in [-0.25, -0.2) is 13.2 Å². The molecule has 1 aliphatic rings. The lowest BCUT2D eigenvalue weighted by molar-refractivity contribution is 0.0600. The van der Waals surface area contributed by atoms with E-state index in [0.29, 0.717) is 5.56 Å². The summed E-state index contributed by atoms with van der Waals surface area (Å²) in [6.07, 6.45) is 0. The van der Waals surface area contributed by atoms with Crippen LogP contribution in [0.15, 0.2) is 53.4 Å². The van der Waals surface area contributed by atoms with E-state index in [1.165, 1.54) is 29.6 Å². The van der Waals surface area contributed by atoms with Gasteiger partial charge in [0.15, 0.2) is 0 Å². The van der Waals surface area contributed by atoms with Gasteiger partial charge in [-0.15, -0.1) is 0 Å². The maximum atomic E-state index is 12.8. The number of piperazine rings is 1. The lowest BCUT2D eigenvalue weighted by atomic mass is 10.1. The standard InChI is InChI=1S/C19H19ClN2O5S/c1-27-19(24)15-6-4-5-14(13-15)18(23)21-9-11-22(12-10-21)28(25,26)17-8-3-2-7-16(17)20/h2-8,13H,9-12H2,1H3. The first kappa shape index (κ1) is 20.3. The Hall–Kier alpha value is -2.42. The molecule has 1 saturated heterocycles. The zero-order valence-corrected chi connectivity index (χ0v) is 16.7. The number of hydrogen-bond acceptors (Lipinski definition) is 5. The number of halogens is 1. The van der Waals surface area contributed by atoms with Crippen LogP contribution in [0.3, 0.4) is 0 Å². The SMILES string of the molecule is COC(=O)c1cccc(C(=O)N2CCN(S(=O)(=O)c3ccccc3Cl)CC2)c1. The number of methoxy groups -OCH3 is 1. The van der Waals surface area contributed by atoms with Gasteiger partial charge < -0.3 is 9.64 Å². The summed E-state index contributed by atoms with van der Waals surface area (Å²) in [4.78, 5) is 26.0. The molecule has 9 heteroatoms. The van der Waals surface area contributed by atoms with Crippen LogP contribution in [-0.4, -0.2) is 62.8 Å². The van der Waals surface area contributed by atoms with E-state index in [-0.39, 0.29) is 47.6 Å². The van der Waals surface area contributed by atoms with Crippen LogP contribution in [0.4, 0.5) is 0 Å². The minimum atomic E-state index is -3.73. The molecule has 0 bridgehead atoms. The monoisotopic (exact) mass is 422 g/mol. The second-order valence-electron chi connectivity index (χ2n) is 6.20. The third-order valence-electron chi connectivity index (χ3n) is 4.51. The number of esters is 1. The summed E-state index contributed by atoms with van der Waals surface area (Å²) in [5.74, 6) is -0.786. The van der Waals surface area contributed by atoms with Crippen LogP contribution in [0, 0.1) is 0 Å². The van der Waals surface area contributed by atoms with Gasteiger partial charge in [0.2, 0.25) is 10.0 Å². The van der Waals surface area contributed by atoms with Gasteiger partial charge in [0, 0.05) is 31.7 Å². The van der Waals surface area contributed by atoms with Crippen LogP contribution in [0.5, 0.6) is 0 Å². The highest BCUT2D eigenvalue weighted by Gasteiger charge is 2.31. The predicted octanol–water partition coefficient (Wildman–Crippen LogP) is 2.27. The van der Waals surface area contributed by atoms with E-state index in [4.69, 9.17) is 11.6 Å². The van der Waals surface area contributed by atoms with Crippen molar-refractivity contribution < 1.29 is 22.7 Å². The molecule has 0 atom stereocenters. The number of carbonyl (C=O) groups excluding carboxylic acids is 2. The zero-order chi connectivity index (χ0) is 20.3. The molecule has 1 heterocycles. The zero-order valence-electron chi connectivity index (χ0n) is 15.2. The number of rotatable bonds is 4. The average molecular weight is 423 g/mol. The van der Waals surface area contributed by atoms with E-state index in [9.17, 15) is 18.0 Å². The van der Waals surface area contributed by atoms with Crippen LogP contribution in [-0.2, 0) is 14.8 Å². The second kappa shape index (κ2) is 8.30. The molecule has 2 aromatic rings. The van der Waals surface area contributed by atoms with Gasteiger partial charge in [0.25, 0.3) is 5.91 Å². The van der Waals surface area contributed by atoms with Gasteiger partial charge in [-0.1, -0.05) is 29.8 Å². The van der Waals surface area contributed by atoms with Crippen LogP contribution in [0.1, 0.15) is 20.7 Å². The molecule has 0 N–H and O–H groups in total. The van der Waals surface area contributed by atoms with Crippen molar-refractivity contribution in [3.05, 3.63) is 64.7 Å². The average Bonchev–Trinajstić information content (AvgIpc) is 2.73. The Labute approximate surface area is 168 Å². The molecule has 1 aliphatic heterocycles. The van der Waals surface area contributed by atoms with Gasteiger partial charge >= 0.3 is 5.97 Å². The van der Waals surface area contributed by atoms with E-state index < -0.39 is 16.0 Å². The van der Waals surface area contributed by atoms with Crippen molar-refractivity contribution in [1.29, 1.82) is 0 Å². The van der Waals surface area contributed by atoms with Gasteiger partial charge in [0.05, 0.1) is 17.7 Å². The summed E-state index contributed by atoms with van der Waals surface area (Å²) in [6.45, 7) is 0.807. The van der Waals surface area contributed by atoms with Crippen molar-refractivity contribution in [1.82, 2.24) is 9.21 Å². The van der Waals surface area contributed by atoms with Gasteiger partial charge in [0.1, 0.15) is 4.90 Å². The molecule has 0 aromatic heterocycles. The summed E-state index contributed by atoms with van der Waals surface area (Å²) in [7, 11) is -2.45. The molecule has 7 nitrogen and oxygen atoms in total. The molecule has 28 heavy (non-hydrogen) atoms.